The molecular formula is C21H17N3O4. The van der Waals surface area contributed by atoms with Crippen molar-refractivity contribution in [2.75, 3.05) is 18.6 Å². The molecule has 0 radical (unpaired) electrons. The lowest BCUT2D eigenvalue weighted by Crippen LogP contribution is -2.29. The number of nitriles is 1. The van der Waals surface area contributed by atoms with E-state index in [4.69, 9.17) is 9.15 Å². The molecule has 7 heteroatoms. The zero-order valence-electron chi connectivity index (χ0n) is 15.4. The summed E-state index contributed by atoms with van der Waals surface area (Å²) in [6.45, 7) is 2.14. The number of fused-ring (bicyclic) bond motifs is 1. The van der Waals surface area contributed by atoms with Gasteiger partial charge in [-0.25, -0.2) is 4.79 Å². The molecule has 0 fully saturated rings. The van der Waals surface area contributed by atoms with Gasteiger partial charge >= 0.3 is 5.97 Å². The number of nitrogens with zero attached hydrogens (tertiary/aromatic N) is 3. The number of carbonyl (C=O) groups is 2. The summed E-state index contributed by atoms with van der Waals surface area (Å²) in [5, 5.41) is 9.68. The number of hydrogen-bond acceptors (Lipinski definition) is 5. The zero-order chi connectivity index (χ0) is 19.8. The van der Waals surface area contributed by atoms with Gasteiger partial charge in [-0.05, 0) is 49.2 Å². The van der Waals surface area contributed by atoms with Gasteiger partial charge in [0, 0.05) is 24.6 Å². The summed E-state index contributed by atoms with van der Waals surface area (Å²) in [5.74, 6) is 0.0147. The second-order valence-electron chi connectivity index (χ2n) is 6.46. The summed E-state index contributed by atoms with van der Waals surface area (Å²) in [5.41, 5.74) is 2.53. The van der Waals surface area contributed by atoms with Gasteiger partial charge in [0.05, 0.1) is 12.7 Å². The van der Waals surface area contributed by atoms with Crippen LogP contribution in [0.25, 0.3) is 5.88 Å². The fourth-order valence-electron chi connectivity index (χ4n) is 3.54. The second-order valence-corrected chi connectivity index (χ2v) is 6.46. The van der Waals surface area contributed by atoms with Crippen LogP contribution in [0.3, 0.4) is 0 Å². The van der Waals surface area contributed by atoms with Crippen LogP contribution in [0.1, 0.15) is 37.6 Å². The maximum atomic E-state index is 13.3. The minimum atomic E-state index is -0.415. The molecule has 0 saturated carbocycles. The number of aromatic nitrogens is 1. The van der Waals surface area contributed by atoms with E-state index < -0.39 is 5.97 Å². The Morgan fingerprint density at radius 2 is 2.00 bits per heavy atom. The molecule has 0 saturated heterocycles. The standard InChI is InChI=1S/C21H17N3O4/c1-13-18(16(12-22)20(28-13)23-8-3-4-9-23)19(25)24-10-7-14-11-15(21(26)27-2)5-6-17(14)24/h3-6,8-9,11H,7,10H2,1-2H3. The number of esters is 1. The molecule has 0 unspecified atom stereocenters. The van der Waals surface area contributed by atoms with Gasteiger partial charge < -0.3 is 14.1 Å². The molecule has 7 nitrogen and oxygen atoms in total. The van der Waals surface area contributed by atoms with Crippen LogP contribution >= 0.6 is 0 Å². The molecule has 140 valence electrons. The molecule has 1 aliphatic rings. The highest BCUT2D eigenvalue weighted by Gasteiger charge is 2.32. The first-order valence-electron chi connectivity index (χ1n) is 8.75. The first kappa shape index (κ1) is 17.6. The van der Waals surface area contributed by atoms with E-state index in [1.165, 1.54) is 7.11 Å². The minimum Gasteiger partial charge on any atom is -0.465 e. The van der Waals surface area contributed by atoms with Gasteiger partial charge in [0.15, 0.2) is 0 Å². The number of anilines is 1. The third-order valence-electron chi connectivity index (χ3n) is 4.87. The summed E-state index contributed by atoms with van der Waals surface area (Å²) in [6, 6.07) is 10.9. The van der Waals surface area contributed by atoms with Crippen LogP contribution in [-0.2, 0) is 11.2 Å². The number of hydrogen-bond donors (Lipinski definition) is 0. The van der Waals surface area contributed by atoms with Crippen molar-refractivity contribution in [3.63, 3.8) is 0 Å². The molecule has 0 N–H and O–H groups in total. The van der Waals surface area contributed by atoms with Crippen LogP contribution in [-0.4, -0.2) is 30.1 Å². The van der Waals surface area contributed by atoms with E-state index in [9.17, 15) is 14.9 Å². The molecule has 2 aromatic heterocycles. The van der Waals surface area contributed by atoms with Crippen molar-refractivity contribution in [2.45, 2.75) is 13.3 Å². The molecular weight excluding hydrogens is 358 g/mol. The lowest BCUT2D eigenvalue weighted by molar-refractivity contribution is 0.0600. The normalized spacial score (nSPS) is 12.5. The maximum absolute atomic E-state index is 13.3. The van der Waals surface area contributed by atoms with E-state index in [-0.39, 0.29) is 17.0 Å². The monoisotopic (exact) mass is 375 g/mol. The lowest BCUT2D eigenvalue weighted by atomic mass is 10.1. The summed E-state index contributed by atoms with van der Waals surface area (Å²) in [6.07, 6.45) is 4.13. The van der Waals surface area contributed by atoms with Gasteiger partial charge in [0.25, 0.3) is 5.91 Å². The first-order valence-corrected chi connectivity index (χ1v) is 8.75. The van der Waals surface area contributed by atoms with Crippen molar-refractivity contribution >= 4 is 17.6 Å². The van der Waals surface area contributed by atoms with Crippen LogP contribution in [0.15, 0.2) is 47.1 Å². The van der Waals surface area contributed by atoms with Crippen molar-refractivity contribution in [1.29, 1.82) is 5.26 Å². The van der Waals surface area contributed by atoms with E-state index in [1.54, 1.807) is 47.0 Å². The van der Waals surface area contributed by atoms with E-state index >= 15 is 0 Å². The Kier molecular flexibility index (Phi) is 4.24. The van der Waals surface area contributed by atoms with Crippen LogP contribution in [0.4, 0.5) is 5.69 Å². The topological polar surface area (TPSA) is 88.5 Å². The van der Waals surface area contributed by atoms with Gasteiger partial charge in [0.1, 0.15) is 23.0 Å². The predicted molar refractivity (Wildman–Crippen MR) is 101 cm³/mol. The maximum Gasteiger partial charge on any atom is 0.337 e. The molecule has 0 aliphatic carbocycles. The number of furan rings is 1. The second kappa shape index (κ2) is 6.74. The largest absolute Gasteiger partial charge is 0.465 e. The number of methoxy groups -OCH3 is 1. The van der Waals surface area contributed by atoms with Gasteiger partial charge in [-0.3, -0.25) is 9.36 Å². The summed E-state index contributed by atoms with van der Waals surface area (Å²) >= 11 is 0. The quantitative estimate of drug-likeness (QED) is 0.656. The zero-order valence-corrected chi connectivity index (χ0v) is 15.4. The third-order valence-corrected chi connectivity index (χ3v) is 4.87. The molecule has 1 aliphatic heterocycles. The Labute approximate surface area is 161 Å². The van der Waals surface area contributed by atoms with Crippen LogP contribution < -0.4 is 4.90 Å². The molecule has 4 rings (SSSR count). The van der Waals surface area contributed by atoms with E-state index in [1.807, 2.05) is 12.1 Å². The van der Waals surface area contributed by atoms with E-state index in [2.05, 4.69) is 6.07 Å². The van der Waals surface area contributed by atoms with Crippen molar-refractivity contribution in [2.24, 2.45) is 0 Å². The van der Waals surface area contributed by atoms with Gasteiger partial charge in [0.2, 0.25) is 5.88 Å². The average Bonchev–Trinajstić information content (AvgIpc) is 3.44. The third kappa shape index (κ3) is 2.67. The highest BCUT2D eigenvalue weighted by Crippen LogP contribution is 2.33. The SMILES string of the molecule is COC(=O)c1ccc2c(c1)CCN2C(=O)c1c(C)oc(-n2cccc2)c1C#N. The number of amides is 1. The Hall–Kier alpha value is -3.79. The fraction of sp³-hybridized carbons (Fsp3) is 0.190. The van der Waals surface area contributed by atoms with Gasteiger partial charge in [-0.1, -0.05) is 0 Å². The molecule has 3 heterocycles. The number of carbonyl (C=O) groups excluding carboxylic acids is 2. The van der Waals surface area contributed by atoms with Crippen molar-refractivity contribution in [3.8, 4) is 12.0 Å². The van der Waals surface area contributed by atoms with E-state index in [0.29, 0.717) is 30.2 Å². The predicted octanol–water partition coefficient (Wildman–Crippen LogP) is 3.24. The molecule has 28 heavy (non-hydrogen) atoms. The minimum absolute atomic E-state index is 0.207. The lowest BCUT2D eigenvalue weighted by Gasteiger charge is -2.17. The number of benzene rings is 1. The highest BCUT2D eigenvalue weighted by molar-refractivity contribution is 6.10. The smallest absolute Gasteiger partial charge is 0.337 e. The Morgan fingerprint density at radius 1 is 1.25 bits per heavy atom. The highest BCUT2D eigenvalue weighted by atomic mass is 16.5. The summed E-state index contributed by atoms with van der Waals surface area (Å²) in [7, 11) is 1.33. The van der Waals surface area contributed by atoms with Crippen LogP contribution in [0.2, 0.25) is 0 Å². The first-order chi connectivity index (χ1) is 13.5. The van der Waals surface area contributed by atoms with Gasteiger partial charge in [-0.15, -0.1) is 0 Å². The molecule has 0 bridgehead atoms. The average molecular weight is 375 g/mol. The Balaban J connectivity index is 1.73. The van der Waals surface area contributed by atoms with Crippen molar-refractivity contribution in [1.82, 2.24) is 4.57 Å². The molecule has 3 aromatic rings. The van der Waals surface area contributed by atoms with E-state index in [0.717, 1.165) is 11.3 Å². The summed E-state index contributed by atoms with van der Waals surface area (Å²) < 4.78 is 12.2. The number of ether oxygens (including phenoxy) is 1. The Morgan fingerprint density at radius 3 is 2.68 bits per heavy atom. The van der Waals surface area contributed by atoms with Crippen molar-refractivity contribution in [3.05, 3.63) is 70.7 Å². The molecule has 1 amide bonds. The van der Waals surface area contributed by atoms with Crippen molar-refractivity contribution < 1.29 is 18.7 Å². The fourth-order valence-corrected chi connectivity index (χ4v) is 3.54. The summed E-state index contributed by atoms with van der Waals surface area (Å²) in [4.78, 5) is 26.6. The number of rotatable bonds is 3. The number of aryl methyl sites for hydroxylation is 1. The Bertz CT molecular complexity index is 1120. The molecule has 0 spiro atoms. The molecule has 1 aromatic carbocycles. The van der Waals surface area contributed by atoms with Crippen LogP contribution in [0.5, 0.6) is 0 Å². The molecule has 0 atom stereocenters. The van der Waals surface area contributed by atoms with Gasteiger partial charge in [-0.2, -0.15) is 5.26 Å². The van der Waals surface area contributed by atoms with Crippen LogP contribution in [0, 0.1) is 18.3 Å².